The first-order chi connectivity index (χ1) is 22.1. The van der Waals surface area contributed by atoms with Gasteiger partial charge in [-0.15, -0.1) is 0 Å². The Morgan fingerprint density at radius 1 is 0.646 bits per heavy atom. The summed E-state index contributed by atoms with van der Waals surface area (Å²) in [7, 11) is 6.18. The number of hydrogen-bond acceptors (Lipinski definition) is 7. The number of rotatable bonds is 18. The third kappa shape index (κ3) is 11.7. The molecule has 0 aliphatic carbocycles. The van der Waals surface area contributed by atoms with Crippen molar-refractivity contribution in [2.75, 3.05) is 41.5 Å². The van der Waals surface area contributed by atoms with E-state index in [-0.39, 0.29) is 29.6 Å². The molecule has 0 aliphatic heterocycles. The molecule has 0 bridgehead atoms. The molecule has 8 atom stereocenters. The average Bonchev–Trinajstić information content (AvgIpc) is 3.03. The minimum atomic E-state index is -1.34. The quantitative estimate of drug-likeness (QED) is 0.207. The first kappa shape index (κ1) is 44.7. The molecular formula is C34H62N6O7S. The standard InChI is InChI=1S/C34H62N6O7S/c1-16-22(7)26(30(42)35-10)36-31(43)27(20(3)4)38(12)33(45)28(21(5)6)39(13)34(46)29(23(8)17-2)40(14)32(44)24(9)37(11)25(41)18-19-48(15)47/h18-24,26-29H,16-17H2,1-15H3,(H,35,42)(H,36,43)/b19-18+/t22-,23-,24-,26-,27-,28-,29-,48?/m0/s1. The molecule has 0 aromatic rings. The highest BCUT2D eigenvalue weighted by atomic mass is 32.2. The molecular weight excluding hydrogens is 636 g/mol. The third-order valence-corrected chi connectivity index (χ3v) is 9.76. The summed E-state index contributed by atoms with van der Waals surface area (Å²) in [6.07, 6.45) is 3.77. The van der Waals surface area contributed by atoms with Crippen LogP contribution in [0.3, 0.4) is 0 Å². The zero-order valence-corrected chi connectivity index (χ0v) is 32.6. The Morgan fingerprint density at radius 3 is 1.50 bits per heavy atom. The van der Waals surface area contributed by atoms with Crippen molar-refractivity contribution in [2.45, 2.75) is 105 Å². The van der Waals surface area contributed by atoms with Crippen molar-refractivity contribution in [3.63, 3.8) is 0 Å². The Morgan fingerprint density at radius 2 is 1.08 bits per heavy atom. The van der Waals surface area contributed by atoms with Crippen LogP contribution in [0.2, 0.25) is 0 Å². The Labute approximate surface area is 291 Å². The van der Waals surface area contributed by atoms with Crippen LogP contribution in [-0.4, -0.2) is 131 Å². The summed E-state index contributed by atoms with van der Waals surface area (Å²) in [5.74, 6) is -3.82. The molecule has 0 saturated carbocycles. The lowest BCUT2D eigenvalue weighted by Crippen LogP contribution is -2.62. The Kier molecular flexibility index (Phi) is 18.9. The van der Waals surface area contributed by atoms with Gasteiger partial charge in [-0.05, 0) is 30.6 Å². The summed E-state index contributed by atoms with van der Waals surface area (Å²) in [6, 6.07) is -4.58. The smallest absolute Gasteiger partial charge is 0.247 e. The summed E-state index contributed by atoms with van der Waals surface area (Å²) in [5.41, 5.74) is 0. The van der Waals surface area contributed by atoms with Crippen molar-refractivity contribution in [1.29, 1.82) is 0 Å². The highest BCUT2D eigenvalue weighted by Crippen LogP contribution is 2.23. The summed E-state index contributed by atoms with van der Waals surface area (Å²) in [4.78, 5) is 86.3. The molecule has 1 unspecified atom stereocenters. The average molecular weight is 699 g/mol. The number of carbonyl (C=O) groups is 6. The van der Waals surface area contributed by atoms with Crippen LogP contribution in [0.1, 0.15) is 75.2 Å². The van der Waals surface area contributed by atoms with Gasteiger partial charge in [0.2, 0.25) is 35.4 Å². The molecule has 0 saturated heterocycles. The second-order valence-electron chi connectivity index (χ2n) is 13.5. The van der Waals surface area contributed by atoms with Crippen LogP contribution in [0, 0.1) is 23.7 Å². The van der Waals surface area contributed by atoms with Crippen LogP contribution in [0.4, 0.5) is 0 Å². The number of nitrogens with one attached hydrogen (secondary N) is 2. The summed E-state index contributed by atoms with van der Waals surface area (Å²) < 4.78 is 11.4. The second kappa shape index (κ2) is 20.3. The molecule has 0 aliphatic rings. The van der Waals surface area contributed by atoms with E-state index in [0.717, 1.165) is 6.08 Å². The maximum atomic E-state index is 14.3. The fourth-order valence-corrected chi connectivity index (χ4v) is 5.99. The summed E-state index contributed by atoms with van der Waals surface area (Å²) in [6.45, 7) is 16.3. The van der Waals surface area contributed by atoms with Crippen molar-refractivity contribution in [1.82, 2.24) is 30.2 Å². The number of hydrogen-bond donors (Lipinski definition) is 2. The fraction of sp³-hybridized carbons (Fsp3) is 0.765. The molecule has 0 rings (SSSR count). The van der Waals surface area contributed by atoms with E-state index in [1.165, 1.54) is 66.5 Å². The largest absolute Gasteiger partial charge is 0.357 e. The zero-order valence-electron chi connectivity index (χ0n) is 31.8. The lowest BCUT2D eigenvalue weighted by atomic mass is 9.92. The van der Waals surface area contributed by atoms with Gasteiger partial charge in [-0.25, -0.2) is 0 Å². The van der Waals surface area contributed by atoms with Gasteiger partial charge in [-0.3, -0.25) is 33.0 Å². The molecule has 0 fully saturated rings. The maximum Gasteiger partial charge on any atom is 0.247 e. The van der Waals surface area contributed by atoms with Gasteiger partial charge in [0.25, 0.3) is 0 Å². The molecule has 0 radical (unpaired) electrons. The van der Waals surface area contributed by atoms with Crippen molar-refractivity contribution >= 4 is 46.2 Å². The van der Waals surface area contributed by atoms with Crippen molar-refractivity contribution in [3.8, 4) is 0 Å². The highest BCUT2D eigenvalue weighted by molar-refractivity contribution is 7.87. The molecule has 0 aromatic carbocycles. The van der Waals surface area contributed by atoms with E-state index >= 15 is 0 Å². The molecule has 0 spiro atoms. The molecule has 6 amide bonds. The number of likely N-dealkylation sites (N-methyl/N-ethyl adjacent to an activating group) is 5. The molecule has 13 nitrogen and oxygen atoms in total. The van der Waals surface area contributed by atoms with Gasteiger partial charge in [-0.2, -0.15) is 0 Å². The lowest BCUT2D eigenvalue weighted by Gasteiger charge is -2.41. The van der Waals surface area contributed by atoms with E-state index in [2.05, 4.69) is 10.6 Å². The Hall–Kier alpha value is -3.29. The topological polar surface area (TPSA) is 157 Å². The van der Waals surface area contributed by atoms with Gasteiger partial charge < -0.3 is 30.2 Å². The van der Waals surface area contributed by atoms with Crippen molar-refractivity contribution in [2.24, 2.45) is 23.7 Å². The van der Waals surface area contributed by atoms with Crippen LogP contribution in [0.5, 0.6) is 0 Å². The van der Waals surface area contributed by atoms with E-state index in [4.69, 9.17) is 0 Å². The molecule has 48 heavy (non-hydrogen) atoms. The third-order valence-electron chi connectivity index (χ3n) is 9.24. The summed E-state index contributed by atoms with van der Waals surface area (Å²) in [5, 5.41) is 6.68. The predicted molar refractivity (Wildman–Crippen MR) is 190 cm³/mol. The van der Waals surface area contributed by atoms with Crippen LogP contribution in [-0.2, 0) is 39.6 Å². The Bertz CT molecular complexity index is 1190. The van der Waals surface area contributed by atoms with E-state index in [9.17, 15) is 33.0 Å². The van der Waals surface area contributed by atoms with Crippen LogP contribution >= 0.6 is 0 Å². The van der Waals surface area contributed by atoms with E-state index < -0.39 is 70.5 Å². The molecule has 0 aromatic heterocycles. The number of amides is 6. The van der Waals surface area contributed by atoms with Crippen molar-refractivity contribution in [3.05, 3.63) is 11.5 Å². The summed E-state index contributed by atoms with van der Waals surface area (Å²) >= 11 is 0. The normalized spacial score (nSPS) is 16.6. The first-order valence-corrected chi connectivity index (χ1v) is 18.3. The monoisotopic (exact) mass is 698 g/mol. The van der Waals surface area contributed by atoms with Gasteiger partial charge in [0.1, 0.15) is 30.2 Å². The van der Waals surface area contributed by atoms with Crippen LogP contribution in [0.25, 0.3) is 0 Å². The van der Waals surface area contributed by atoms with Gasteiger partial charge in [0.15, 0.2) is 0 Å². The number of nitrogens with zero attached hydrogens (tertiary/aromatic N) is 4. The van der Waals surface area contributed by atoms with Crippen molar-refractivity contribution < 1.29 is 33.0 Å². The maximum absolute atomic E-state index is 14.3. The minimum Gasteiger partial charge on any atom is -0.357 e. The van der Waals surface area contributed by atoms with Gasteiger partial charge in [0.05, 0.1) is 0 Å². The SMILES string of the molecule is CC[C@H](C)[C@H](NC(=O)[C@H](C(C)C)N(C)C(=O)[C@H](C(C)C)N(C)C(=O)[C@H]([C@@H](C)CC)N(C)C(=O)[C@H](C)N(C)C(=O)/C=C/S(C)=O)C(=O)NC. The minimum absolute atomic E-state index is 0.147. The van der Waals surface area contributed by atoms with Gasteiger partial charge in [-0.1, -0.05) is 68.2 Å². The zero-order chi connectivity index (χ0) is 37.8. The predicted octanol–water partition coefficient (Wildman–Crippen LogP) is 1.84. The van der Waals surface area contributed by atoms with E-state index in [1.54, 1.807) is 6.92 Å². The molecule has 2 N–H and O–H groups in total. The van der Waals surface area contributed by atoms with E-state index in [0.29, 0.717) is 12.8 Å². The number of carbonyl (C=O) groups excluding carboxylic acids is 6. The second-order valence-corrected chi connectivity index (χ2v) is 14.7. The van der Waals surface area contributed by atoms with E-state index in [1.807, 2.05) is 55.4 Å². The fourth-order valence-electron chi connectivity index (χ4n) is 5.69. The molecule has 14 heteroatoms. The van der Waals surface area contributed by atoms with Gasteiger partial charge >= 0.3 is 0 Å². The van der Waals surface area contributed by atoms with Crippen LogP contribution < -0.4 is 10.6 Å². The highest BCUT2D eigenvalue weighted by Gasteiger charge is 2.43. The molecule has 0 heterocycles. The first-order valence-electron chi connectivity index (χ1n) is 16.7. The van der Waals surface area contributed by atoms with Crippen LogP contribution in [0.15, 0.2) is 11.5 Å². The Balaban J connectivity index is 6.48. The molecule has 276 valence electrons. The van der Waals surface area contributed by atoms with Gasteiger partial charge in [0, 0.05) is 63.8 Å². The lowest BCUT2D eigenvalue weighted by molar-refractivity contribution is -0.156.